The standard InChI is InChI=1S/C48H44N2O2S/c1-28-20-21-29(2)37(22-28)30-24-38(35-17-13-16-34-33-14-10-12-19-41(33)52-45(34)35)43-42(25-30)53-46(50-43)36-15-9-11-18-40(36)49-27-31-23-32(47(3,4)5)26-39(44(31)51)48(6,7)8/h9-27,51H,1-8H3. The molecule has 0 saturated heterocycles. The highest BCUT2D eigenvalue weighted by molar-refractivity contribution is 7.21. The number of hydrogen-bond donors (Lipinski definition) is 1. The number of aliphatic imine (C=N–C) groups is 1. The highest BCUT2D eigenvalue weighted by atomic mass is 32.1. The van der Waals surface area contributed by atoms with Gasteiger partial charge in [0.15, 0.2) is 0 Å². The molecule has 0 amide bonds. The van der Waals surface area contributed by atoms with Gasteiger partial charge in [-0.2, -0.15) is 0 Å². The molecule has 0 atom stereocenters. The zero-order valence-electron chi connectivity index (χ0n) is 31.6. The number of hydrogen-bond acceptors (Lipinski definition) is 5. The summed E-state index contributed by atoms with van der Waals surface area (Å²) in [6.07, 6.45) is 1.80. The Labute approximate surface area is 315 Å². The number of fused-ring (bicyclic) bond motifs is 4. The van der Waals surface area contributed by atoms with Crippen molar-refractivity contribution in [1.29, 1.82) is 0 Å². The van der Waals surface area contributed by atoms with Crippen LogP contribution in [0.2, 0.25) is 0 Å². The zero-order valence-corrected chi connectivity index (χ0v) is 32.4. The molecule has 0 spiro atoms. The molecular formula is C48H44N2O2S. The van der Waals surface area contributed by atoms with Gasteiger partial charge in [0.1, 0.15) is 21.9 Å². The molecular weight excluding hydrogens is 669 g/mol. The molecule has 5 heteroatoms. The molecule has 0 aliphatic rings. The molecule has 0 aliphatic carbocycles. The third kappa shape index (κ3) is 6.34. The summed E-state index contributed by atoms with van der Waals surface area (Å²) in [6, 6.07) is 38.1. The first-order valence-corrected chi connectivity index (χ1v) is 19.0. The van der Waals surface area contributed by atoms with E-state index in [1.807, 2.05) is 30.3 Å². The van der Waals surface area contributed by atoms with Crippen LogP contribution in [0.5, 0.6) is 5.75 Å². The van der Waals surface area contributed by atoms with Gasteiger partial charge in [-0.25, -0.2) is 4.98 Å². The predicted molar refractivity (Wildman–Crippen MR) is 225 cm³/mol. The Bertz CT molecular complexity index is 2730. The number of aryl methyl sites for hydroxylation is 2. The van der Waals surface area contributed by atoms with Crippen LogP contribution in [0.4, 0.5) is 5.69 Å². The summed E-state index contributed by atoms with van der Waals surface area (Å²) in [5, 5.41) is 14.6. The fraction of sp³-hybridized carbons (Fsp3) is 0.208. The van der Waals surface area contributed by atoms with Gasteiger partial charge in [0.2, 0.25) is 0 Å². The van der Waals surface area contributed by atoms with Gasteiger partial charge in [-0.05, 0) is 83.3 Å². The van der Waals surface area contributed by atoms with E-state index in [-0.39, 0.29) is 16.6 Å². The fourth-order valence-corrected chi connectivity index (χ4v) is 8.24. The molecule has 0 fully saturated rings. The molecule has 8 rings (SSSR count). The SMILES string of the molecule is Cc1ccc(C)c(-c2cc(-c3cccc4c3oc3ccccc34)c3nc(-c4ccccc4N=Cc4cc(C(C)(C)C)cc(C(C)(C)C)c4O)sc3c2)c1. The monoisotopic (exact) mass is 712 g/mol. The van der Waals surface area contributed by atoms with Crippen molar-refractivity contribution in [2.75, 3.05) is 0 Å². The molecule has 0 bridgehead atoms. The largest absolute Gasteiger partial charge is 0.507 e. The van der Waals surface area contributed by atoms with Crippen LogP contribution in [-0.4, -0.2) is 16.3 Å². The van der Waals surface area contributed by atoms with Crippen LogP contribution in [0.3, 0.4) is 0 Å². The van der Waals surface area contributed by atoms with E-state index in [1.54, 1.807) is 17.6 Å². The number of thiazole rings is 1. The third-order valence-electron chi connectivity index (χ3n) is 10.2. The molecule has 2 aromatic heterocycles. The number of para-hydroxylation sites is 3. The number of phenols is 1. The van der Waals surface area contributed by atoms with Crippen molar-refractivity contribution in [3.63, 3.8) is 0 Å². The number of aromatic hydroxyl groups is 1. The van der Waals surface area contributed by atoms with E-state index >= 15 is 0 Å². The molecule has 2 heterocycles. The van der Waals surface area contributed by atoms with Crippen molar-refractivity contribution in [3.05, 3.63) is 137 Å². The summed E-state index contributed by atoms with van der Waals surface area (Å²) in [4.78, 5) is 10.4. The lowest BCUT2D eigenvalue weighted by molar-refractivity contribution is 0.444. The molecule has 0 aliphatic heterocycles. The summed E-state index contributed by atoms with van der Waals surface area (Å²) in [7, 11) is 0. The van der Waals surface area contributed by atoms with Crippen LogP contribution < -0.4 is 0 Å². The van der Waals surface area contributed by atoms with Gasteiger partial charge in [-0.1, -0.05) is 120 Å². The van der Waals surface area contributed by atoms with Crippen molar-refractivity contribution in [2.24, 2.45) is 4.99 Å². The molecule has 0 saturated carbocycles. The first kappa shape index (κ1) is 34.6. The summed E-state index contributed by atoms with van der Waals surface area (Å²) in [5.41, 5.74) is 13.7. The Kier molecular flexibility index (Phi) is 8.38. The maximum absolute atomic E-state index is 11.5. The molecule has 8 aromatic rings. The van der Waals surface area contributed by atoms with E-state index in [9.17, 15) is 5.11 Å². The summed E-state index contributed by atoms with van der Waals surface area (Å²) < 4.78 is 7.65. The first-order chi connectivity index (χ1) is 25.3. The molecule has 1 N–H and O–H groups in total. The van der Waals surface area contributed by atoms with E-state index in [4.69, 9.17) is 14.4 Å². The first-order valence-electron chi connectivity index (χ1n) is 18.2. The van der Waals surface area contributed by atoms with Crippen molar-refractivity contribution < 1.29 is 9.52 Å². The van der Waals surface area contributed by atoms with Crippen molar-refractivity contribution in [1.82, 2.24) is 4.98 Å². The number of rotatable bonds is 5. The molecule has 4 nitrogen and oxygen atoms in total. The Morgan fingerprint density at radius 2 is 1.43 bits per heavy atom. The normalized spacial score (nSPS) is 12.5. The Balaban J connectivity index is 1.32. The van der Waals surface area contributed by atoms with Crippen LogP contribution in [0.15, 0.2) is 119 Å². The van der Waals surface area contributed by atoms with E-state index in [0.29, 0.717) is 5.56 Å². The molecule has 264 valence electrons. The molecule has 0 unspecified atom stereocenters. The maximum Gasteiger partial charge on any atom is 0.143 e. The van der Waals surface area contributed by atoms with Gasteiger partial charge < -0.3 is 9.52 Å². The smallest absolute Gasteiger partial charge is 0.143 e. The Hall–Kier alpha value is -5.52. The number of benzene rings is 6. The molecule has 53 heavy (non-hydrogen) atoms. The number of furan rings is 1. The van der Waals surface area contributed by atoms with Crippen molar-refractivity contribution in [3.8, 4) is 38.6 Å². The van der Waals surface area contributed by atoms with Gasteiger partial charge in [-0.15, -0.1) is 11.3 Å². The number of nitrogens with zero attached hydrogens (tertiary/aromatic N) is 2. The van der Waals surface area contributed by atoms with Gasteiger partial charge in [-0.3, -0.25) is 4.99 Å². The van der Waals surface area contributed by atoms with E-state index in [2.05, 4.69) is 134 Å². The number of phenolic OH excluding ortho intramolecular Hbond substituents is 1. The minimum absolute atomic E-state index is 0.0879. The quantitative estimate of drug-likeness (QED) is 0.181. The lowest BCUT2D eigenvalue weighted by Gasteiger charge is -2.27. The maximum atomic E-state index is 11.5. The van der Waals surface area contributed by atoms with Crippen LogP contribution in [0.1, 0.15) is 69.4 Å². The van der Waals surface area contributed by atoms with Crippen molar-refractivity contribution in [2.45, 2.75) is 66.2 Å². The van der Waals surface area contributed by atoms with Gasteiger partial charge in [0, 0.05) is 44.8 Å². The fourth-order valence-electron chi connectivity index (χ4n) is 7.18. The second kappa shape index (κ2) is 12.9. The number of aromatic nitrogens is 1. The van der Waals surface area contributed by atoms with Gasteiger partial charge >= 0.3 is 0 Å². The minimum atomic E-state index is -0.229. The van der Waals surface area contributed by atoms with Crippen LogP contribution in [0, 0.1) is 13.8 Å². The second-order valence-corrected chi connectivity index (χ2v) is 17.3. The van der Waals surface area contributed by atoms with Crippen LogP contribution >= 0.6 is 11.3 Å². The highest BCUT2D eigenvalue weighted by Gasteiger charge is 2.25. The zero-order chi connectivity index (χ0) is 37.2. The van der Waals surface area contributed by atoms with Crippen LogP contribution in [0.25, 0.3) is 65.0 Å². The van der Waals surface area contributed by atoms with Gasteiger partial charge in [0.05, 0.1) is 15.9 Å². The van der Waals surface area contributed by atoms with Crippen molar-refractivity contribution >= 4 is 55.4 Å². The highest BCUT2D eigenvalue weighted by Crippen LogP contribution is 2.45. The van der Waals surface area contributed by atoms with E-state index in [1.165, 1.54) is 16.7 Å². The third-order valence-corrected chi connectivity index (χ3v) is 11.2. The second-order valence-electron chi connectivity index (χ2n) is 16.2. The lowest BCUT2D eigenvalue weighted by atomic mass is 9.79. The Morgan fingerprint density at radius 3 is 2.23 bits per heavy atom. The predicted octanol–water partition coefficient (Wildman–Crippen LogP) is 13.9. The summed E-state index contributed by atoms with van der Waals surface area (Å²) >= 11 is 1.67. The average Bonchev–Trinajstić information content (AvgIpc) is 3.73. The minimum Gasteiger partial charge on any atom is -0.507 e. The average molecular weight is 713 g/mol. The van der Waals surface area contributed by atoms with E-state index in [0.717, 1.165) is 76.2 Å². The summed E-state index contributed by atoms with van der Waals surface area (Å²) in [5.74, 6) is 0.273. The van der Waals surface area contributed by atoms with Crippen LogP contribution in [-0.2, 0) is 10.8 Å². The topological polar surface area (TPSA) is 58.6 Å². The summed E-state index contributed by atoms with van der Waals surface area (Å²) in [6.45, 7) is 17.3. The molecule has 0 radical (unpaired) electrons. The van der Waals surface area contributed by atoms with E-state index < -0.39 is 0 Å². The van der Waals surface area contributed by atoms with Gasteiger partial charge in [0.25, 0.3) is 0 Å². The Morgan fingerprint density at radius 1 is 0.698 bits per heavy atom. The molecule has 6 aromatic carbocycles. The lowest BCUT2D eigenvalue weighted by Crippen LogP contribution is -2.17.